The molecule has 5 nitrogen and oxygen atoms in total. The second kappa shape index (κ2) is 8.59. The van der Waals surface area contributed by atoms with Gasteiger partial charge >= 0.3 is 0 Å². The van der Waals surface area contributed by atoms with Gasteiger partial charge in [0.15, 0.2) is 0 Å². The van der Waals surface area contributed by atoms with Gasteiger partial charge in [0.1, 0.15) is 11.6 Å². The van der Waals surface area contributed by atoms with Crippen LogP contribution in [0.2, 0.25) is 5.02 Å². The van der Waals surface area contributed by atoms with Crippen LogP contribution in [0.25, 0.3) is 0 Å². The van der Waals surface area contributed by atoms with Gasteiger partial charge in [0.2, 0.25) is 5.91 Å². The molecule has 0 saturated carbocycles. The first kappa shape index (κ1) is 19.5. The highest BCUT2D eigenvalue weighted by atomic mass is 35.5. The Morgan fingerprint density at radius 1 is 1.19 bits per heavy atom. The van der Waals surface area contributed by atoms with Crippen LogP contribution in [0.4, 0.5) is 15.8 Å². The maximum atomic E-state index is 13.8. The Labute approximate surface area is 163 Å². The van der Waals surface area contributed by atoms with Crippen molar-refractivity contribution < 1.29 is 13.9 Å². The maximum absolute atomic E-state index is 13.8. The van der Waals surface area contributed by atoms with Crippen molar-refractivity contribution in [1.29, 1.82) is 0 Å². The Morgan fingerprint density at radius 2 is 1.93 bits per heavy atom. The lowest BCUT2D eigenvalue weighted by molar-refractivity contribution is -0.120. The van der Waals surface area contributed by atoms with Gasteiger partial charge in [0, 0.05) is 43.0 Å². The van der Waals surface area contributed by atoms with Gasteiger partial charge in [-0.1, -0.05) is 17.7 Å². The van der Waals surface area contributed by atoms with Gasteiger partial charge in [0.25, 0.3) is 0 Å². The summed E-state index contributed by atoms with van der Waals surface area (Å²) < 4.78 is 19.1. The van der Waals surface area contributed by atoms with E-state index in [-0.39, 0.29) is 17.6 Å². The quantitative estimate of drug-likeness (QED) is 0.845. The molecule has 2 aromatic carbocycles. The molecule has 0 radical (unpaired) electrons. The number of benzene rings is 2. The van der Waals surface area contributed by atoms with Gasteiger partial charge < -0.3 is 15.0 Å². The molecule has 7 heteroatoms. The fourth-order valence-corrected chi connectivity index (χ4v) is 3.34. The molecule has 2 aromatic rings. The normalized spacial score (nSPS) is 16.1. The number of anilines is 2. The van der Waals surface area contributed by atoms with E-state index in [2.05, 4.69) is 21.2 Å². The van der Waals surface area contributed by atoms with Crippen LogP contribution in [-0.2, 0) is 4.79 Å². The molecule has 144 valence electrons. The van der Waals surface area contributed by atoms with Gasteiger partial charge in [-0.25, -0.2) is 4.39 Å². The minimum absolute atomic E-state index is 0.106. The van der Waals surface area contributed by atoms with Crippen molar-refractivity contribution in [2.24, 2.45) is 0 Å². The fourth-order valence-electron chi connectivity index (χ4n) is 3.17. The third-order valence-electron chi connectivity index (χ3n) is 4.85. The molecule has 0 aliphatic carbocycles. The lowest BCUT2D eigenvalue weighted by Crippen LogP contribution is -2.52. The summed E-state index contributed by atoms with van der Waals surface area (Å²) in [6.07, 6.45) is 0. The minimum Gasteiger partial charge on any atom is -0.497 e. The van der Waals surface area contributed by atoms with Gasteiger partial charge in [-0.3, -0.25) is 9.69 Å². The first-order valence-electron chi connectivity index (χ1n) is 8.87. The largest absolute Gasteiger partial charge is 0.497 e. The zero-order valence-corrected chi connectivity index (χ0v) is 16.2. The standard InChI is InChI=1S/C20H23ClFN3O2/c1-14(20(26)23-19-12-15(21)6-7-18(19)22)24-8-10-25(11-9-24)16-4-3-5-17(13-16)27-2/h3-7,12-14H,8-11H2,1-2H3,(H,23,26). The zero-order chi connectivity index (χ0) is 19.4. The SMILES string of the molecule is COc1cccc(N2CCN(C(C)C(=O)Nc3cc(Cl)ccc3F)CC2)c1. The molecule has 0 aromatic heterocycles. The van der Waals surface area contributed by atoms with E-state index in [0.29, 0.717) is 5.02 Å². The second-order valence-corrected chi connectivity index (χ2v) is 6.95. The van der Waals surface area contributed by atoms with Crippen molar-refractivity contribution in [3.63, 3.8) is 0 Å². The summed E-state index contributed by atoms with van der Waals surface area (Å²) >= 11 is 5.88. The Kier molecular flexibility index (Phi) is 6.19. The number of hydrogen-bond acceptors (Lipinski definition) is 4. The second-order valence-electron chi connectivity index (χ2n) is 6.51. The number of nitrogens with one attached hydrogen (secondary N) is 1. The monoisotopic (exact) mass is 391 g/mol. The molecule has 1 aliphatic rings. The highest BCUT2D eigenvalue weighted by molar-refractivity contribution is 6.30. The van der Waals surface area contributed by atoms with E-state index in [0.717, 1.165) is 37.6 Å². The summed E-state index contributed by atoms with van der Waals surface area (Å²) in [7, 11) is 1.65. The van der Waals surface area contributed by atoms with Crippen molar-refractivity contribution >= 4 is 28.9 Å². The summed E-state index contributed by atoms with van der Waals surface area (Å²) in [6, 6.07) is 11.7. The zero-order valence-electron chi connectivity index (χ0n) is 15.4. The van der Waals surface area contributed by atoms with E-state index < -0.39 is 5.82 Å². The molecule has 0 spiro atoms. The summed E-state index contributed by atoms with van der Waals surface area (Å²) in [5, 5.41) is 3.02. The van der Waals surface area contributed by atoms with Crippen molar-refractivity contribution in [2.45, 2.75) is 13.0 Å². The predicted octanol–water partition coefficient (Wildman–Crippen LogP) is 3.64. The molecule has 1 N–H and O–H groups in total. The number of halogens is 2. The molecule has 1 aliphatic heterocycles. The molecule has 3 rings (SSSR count). The molecule has 1 unspecified atom stereocenters. The van der Waals surface area contributed by atoms with Crippen LogP contribution in [0.15, 0.2) is 42.5 Å². The number of piperazine rings is 1. The lowest BCUT2D eigenvalue weighted by atomic mass is 10.2. The molecule has 1 saturated heterocycles. The summed E-state index contributed by atoms with van der Waals surface area (Å²) in [4.78, 5) is 16.9. The van der Waals surface area contributed by atoms with Crippen LogP contribution in [-0.4, -0.2) is 50.1 Å². The first-order chi connectivity index (χ1) is 13.0. The van der Waals surface area contributed by atoms with E-state index in [1.807, 2.05) is 25.1 Å². The Bertz CT molecular complexity index is 810. The molecule has 1 fully saturated rings. The number of hydrogen-bond donors (Lipinski definition) is 1. The average Bonchev–Trinajstić information content (AvgIpc) is 2.70. The molecule has 0 bridgehead atoms. The lowest BCUT2D eigenvalue weighted by Gasteiger charge is -2.38. The van der Waals surface area contributed by atoms with Crippen molar-refractivity contribution in [1.82, 2.24) is 4.90 Å². The number of carbonyl (C=O) groups is 1. The van der Waals surface area contributed by atoms with Crippen LogP contribution in [0.5, 0.6) is 5.75 Å². The average molecular weight is 392 g/mol. The smallest absolute Gasteiger partial charge is 0.241 e. The van der Waals surface area contributed by atoms with Gasteiger partial charge in [-0.2, -0.15) is 0 Å². The van der Waals surface area contributed by atoms with Crippen LogP contribution >= 0.6 is 11.6 Å². The highest BCUT2D eigenvalue weighted by Crippen LogP contribution is 2.23. The number of nitrogens with zero attached hydrogens (tertiary/aromatic N) is 2. The van der Waals surface area contributed by atoms with E-state index in [1.54, 1.807) is 7.11 Å². The Balaban J connectivity index is 1.58. The molecule has 1 heterocycles. The topological polar surface area (TPSA) is 44.8 Å². The fraction of sp³-hybridized carbons (Fsp3) is 0.350. The molecule has 1 atom stereocenters. The molecular formula is C20H23ClFN3O2. The van der Waals surface area contributed by atoms with E-state index in [1.165, 1.54) is 18.2 Å². The van der Waals surface area contributed by atoms with Crippen LogP contribution in [0.3, 0.4) is 0 Å². The number of ether oxygens (including phenoxy) is 1. The van der Waals surface area contributed by atoms with E-state index in [4.69, 9.17) is 16.3 Å². The molecule has 1 amide bonds. The van der Waals surface area contributed by atoms with Gasteiger partial charge in [-0.05, 0) is 37.3 Å². The molecular weight excluding hydrogens is 369 g/mol. The number of carbonyl (C=O) groups excluding carboxylic acids is 1. The third kappa shape index (κ3) is 4.70. The van der Waals surface area contributed by atoms with Gasteiger partial charge in [0.05, 0.1) is 18.8 Å². The van der Waals surface area contributed by atoms with Crippen molar-refractivity contribution in [2.75, 3.05) is 43.5 Å². The van der Waals surface area contributed by atoms with Crippen molar-refractivity contribution in [3.8, 4) is 5.75 Å². The number of methoxy groups -OCH3 is 1. The van der Waals surface area contributed by atoms with E-state index in [9.17, 15) is 9.18 Å². The maximum Gasteiger partial charge on any atom is 0.241 e. The summed E-state index contributed by atoms with van der Waals surface area (Å²) in [5.74, 6) is 0.0833. The summed E-state index contributed by atoms with van der Waals surface area (Å²) in [6.45, 7) is 4.92. The van der Waals surface area contributed by atoms with Gasteiger partial charge in [-0.15, -0.1) is 0 Å². The van der Waals surface area contributed by atoms with Crippen LogP contribution in [0, 0.1) is 5.82 Å². The predicted molar refractivity (Wildman–Crippen MR) is 106 cm³/mol. The van der Waals surface area contributed by atoms with Crippen molar-refractivity contribution in [3.05, 3.63) is 53.3 Å². The van der Waals surface area contributed by atoms with E-state index >= 15 is 0 Å². The third-order valence-corrected chi connectivity index (χ3v) is 5.08. The number of amides is 1. The van der Waals surface area contributed by atoms with Crippen LogP contribution in [0.1, 0.15) is 6.92 Å². The minimum atomic E-state index is -0.497. The highest BCUT2D eigenvalue weighted by Gasteiger charge is 2.26. The van der Waals surface area contributed by atoms with Crippen LogP contribution < -0.4 is 15.0 Å². The Hall–Kier alpha value is -2.31. The first-order valence-corrected chi connectivity index (χ1v) is 9.24. The molecule has 27 heavy (non-hydrogen) atoms. The Morgan fingerprint density at radius 3 is 2.63 bits per heavy atom. The summed E-state index contributed by atoms with van der Waals surface area (Å²) in [5.41, 5.74) is 1.21. The number of rotatable bonds is 5.